The molecule has 0 aliphatic heterocycles. The lowest BCUT2D eigenvalue weighted by Crippen LogP contribution is -2.32. The quantitative estimate of drug-likeness (QED) is 0.723. The second-order valence-electron chi connectivity index (χ2n) is 3.41. The first-order valence-corrected chi connectivity index (χ1v) is 5.00. The van der Waals surface area contributed by atoms with Crippen molar-refractivity contribution in [3.8, 4) is 0 Å². The van der Waals surface area contributed by atoms with Crippen LogP contribution in [0, 0.1) is 6.92 Å². The van der Waals surface area contributed by atoms with E-state index in [1.165, 1.54) is 11.2 Å². The Bertz CT molecular complexity index is 383. The molecule has 5 nitrogen and oxygen atoms in total. The molecule has 0 saturated carbocycles. The molecule has 0 unspecified atom stereocenters. The number of rotatable bonds is 4. The smallest absolute Gasteiger partial charge is 0.325 e. The zero-order chi connectivity index (χ0) is 12.1. The van der Waals surface area contributed by atoms with E-state index in [4.69, 9.17) is 9.15 Å². The van der Waals surface area contributed by atoms with E-state index in [0.717, 1.165) is 0 Å². The maximum absolute atomic E-state index is 11.8. The Morgan fingerprint density at radius 3 is 2.69 bits per heavy atom. The molecule has 5 heteroatoms. The summed E-state index contributed by atoms with van der Waals surface area (Å²) in [6.45, 7) is 3.73. The van der Waals surface area contributed by atoms with Gasteiger partial charge in [0, 0.05) is 7.05 Å². The van der Waals surface area contributed by atoms with Gasteiger partial charge >= 0.3 is 5.97 Å². The zero-order valence-corrected chi connectivity index (χ0v) is 9.65. The van der Waals surface area contributed by atoms with Crippen LogP contribution in [0.3, 0.4) is 0 Å². The van der Waals surface area contributed by atoms with Crippen LogP contribution in [-0.2, 0) is 9.53 Å². The molecule has 0 fully saturated rings. The molecule has 1 heterocycles. The minimum Gasteiger partial charge on any atom is -0.469 e. The fourth-order valence-corrected chi connectivity index (χ4v) is 1.25. The molecule has 0 aliphatic rings. The average molecular weight is 225 g/mol. The van der Waals surface area contributed by atoms with Crippen LogP contribution in [-0.4, -0.2) is 37.0 Å². The van der Waals surface area contributed by atoms with Gasteiger partial charge in [-0.3, -0.25) is 9.59 Å². The first kappa shape index (κ1) is 12.3. The first-order chi connectivity index (χ1) is 7.54. The van der Waals surface area contributed by atoms with E-state index in [9.17, 15) is 9.59 Å². The number of hydrogen-bond donors (Lipinski definition) is 0. The highest BCUT2D eigenvalue weighted by molar-refractivity contribution is 5.95. The molecule has 0 radical (unpaired) electrons. The summed E-state index contributed by atoms with van der Waals surface area (Å²) < 4.78 is 9.77. The summed E-state index contributed by atoms with van der Waals surface area (Å²) >= 11 is 0. The fraction of sp³-hybridized carbons (Fsp3) is 0.455. The van der Waals surface area contributed by atoms with Gasteiger partial charge in [0.25, 0.3) is 5.91 Å². The van der Waals surface area contributed by atoms with Crippen LogP contribution in [0.1, 0.15) is 23.0 Å². The molecule has 1 aromatic heterocycles. The van der Waals surface area contributed by atoms with Crippen LogP contribution >= 0.6 is 0 Å². The van der Waals surface area contributed by atoms with E-state index in [2.05, 4.69) is 0 Å². The van der Waals surface area contributed by atoms with Gasteiger partial charge < -0.3 is 14.1 Å². The number of ether oxygens (including phenoxy) is 1. The molecule has 0 bridgehead atoms. The number of carbonyl (C=O) groups is 2. The second kappa shape index (κ2) is 5.34. The Morgan fingerprint density at radius 2 is 2.19 bits per heavy atom. The Balaban J connectivity index is 2.57. The zero-order valence-electron chi connectivity index (χ0n) is 9.65. The molecule has 1 rings (SSSR count). The molecule has 88 valence electrons. The van der Waals surface area contributed by atoms with Crippen molar-refractivity contribution < 1.29 is 18.7 Å². The predicted octanol–water partition coefficient (Wildman–Crippen LogP) is 1.22. The van der Waals surface area contributed by atoms with E-state index < -0.39 is 5.97 Å². The molecular formula is C11H15NO4. The van der Waals surface area contributed by atoms with Gasteiger partial charge in [0.05, 0.1) is 12.2 Å². The van der Waals surface area contributed by atoms with Gasteiger partial charge in [0.15, 0.2) is 0 Å². The maximum Gasteiger partial charge on any atom is 0.325 e. The lowest BCUT2D eigenvalue weighted by Gasteiger charge is -2.14. The number of amides is 1. The van der Waals surface area contributed by atoms with E-state index in [1.807, 2.05) is 0 Å². The lowest BCUT2D eigenvalue weighted by molar-refractivity contribution is -0.143. The summed E-state index contributed by atoms with van der Waals surface area (Å²) in [5, 5.41) is 0. The van der Waals surface area contributed by atoms with Crippen LogP contribution in [0.4, 0.5) is 0 Å². The number of furan rings is 1. The van der Waals surface area contributed by atoms with Crippen molar-refractivity contribution in [1.29, 1.82) is 0 Å². The van der Waals surface area contributed by atoms with Crippen LogP contribution < -0.4 is 0 Å². The van der Waals surface area contributed by atoms with Crippen LogP contribution in [0.25, 0.3) is 0 Å². The van der Waals surface area contributed by atoms with Crippen LogP contribution in [0.15, 0.2) is 16.7 Å². The predicted molar refractivity (Wildman–Crippen MR) is 57.0 cm³/mol. The molecule has 16 heavy (non-hydrogen) atoms. The molecule has 0 aromatic carbocycles. The average Bonchev–Trinajstić information content (AvgIpc) is 2.64. The molecule has 0 atom stereocenters. The normalized spacial score (nSPS) is 9.94. The van der Waals surface area contributed by atoms with Gasteiger partial charge in [-0.15, -0.1) is 0 Å². The van der Waals surface area contributed by atoms with Gasteiger partial charge in [-0.25, -0.2) is 0 Å². The highest BCUT2D eigenvalue weighted by Gasteiger charge is 2.16. The summed E-state index contributed by atoms with van der Waals surface area (Å²) in [6.07, 6.45) is 1.37. The van der Waals surface area contributed by atoms with Crippen molar-refractivity contribution in [3.63, 3.8) is 0 Å². The van der Waals surface area contributed by atoms with Crippen molar-refractivity contribution >= 4 is 11.9 Å². The third-order valence-electron chi connectivity index (χ3n) is 2.00. The molecule has 0 saturated heterocycles. The fourth-order valence-electron chi connectivity index (χ4n) is 1.25. The Morgan fingerprint density at radius 1 is 1.50 bits per heavy atom. The Labute approximate surface area is 94.0 Å². The van der Waals surface area contributed by atoms with Gasteiger partial charge in [-0.1, -0.05) is 0 Å². The number of aryl methyl sites for hydroxylation is 1. The summed E-state index contributed by atoms with van der Waals surface area (Å²) in [7, 11) is 1.54. The van der Waals surface area contributed by atoms with Crippen molar-refractivity contribution in [1.82, 2.24) is 4.90 Å². The minimum absolute atomic E-state index is 0.0586. The molecule has 1 aromatic rings. The summed E-state index contributed by atoms with van der Waals surface area (Å²) in [4.78, 5) is 24.2. The first-order valence-electron chi connectivity index (χ1n) is 5.00. The van der Waals surface area contributed by atoms with Crippen molar-refractivity contribution in [2.24, 2.45) is 0 Å². The van der Waals surface area contributed by atoms with Crippen LogP contribution in [0.2, 0.25) is 0 Å². The van der Waals surface area contributed by atoms with Crippen molar-refractivity contribution in [3.05, 3.63) is 23.7 Å². The molecule has 0 aliphatic carbocycles. The summed E-state index contributed by atoms with van der Waals surface area (Å²) in [6, 6.07) is 1.63. The van der Waals surface area contributed by atoms with E-state index in [1.54, 1.807) is 27.0 Å². The SMILES string of the molecule is CCOC(=O)CN(C)C(=O)c1coc(C)c1. The number of carbonyl (C=O) groups excluding carboxylic acids is 2. The summed E-state index contributed by atoms with van der Waals surface area (Å²) in [5.74, 6) is -0.0173. The third kappa shape index (κ3) is 3.12. The van der Waals surface area contributed by atoms with Crippen LogP contribution in [0.5, 0.6) is 0 Å². The van der Waals surface area contributed by atoms with E-state index in [0.29, 0.717) is 17.9 Å². The maximum atomic E-state index is 11.8. The largest absolute Gasteiger partial charge is 0.469 e. The van der Waals surface area contributed by atoms with E-state index >= 15 is 0 Å². The molecular weight excluding hydrogens is 210 g/mol. The number of esters is 1. The third-order valence-corrected chi connectivity index (χ3v) is 2.00. The highest BCUT2D eigenvalue weighted by Crippen LogP contribution is 2.08. The lowest BCUT2D eigenvalue weighted by atomic mass is 10.3. The molecule has 1 amide bonds. The minimum atomic E-state index is -0.418. The summed E-state index contributed by atoms with van der Waals surface area (Å²) in [5.41, 5.74) is 0.435. The van der Waals surface area contributed by atoms with Gasteiger partial charge in [-0.05, 0) is 19.9 Å². The highest BCUT2D eigenvalue weighted by atomic mass is 16.5. The van der Waals surface area contributed by atoms with Gasteiger partial charge in [-0.2, -0.15) is 0 Å². The Kier molecular flexibility index (Phi) is 4.10. The molecule has 0 spiro atoms. The second-order valence-corrected chi connectivity index (χ2v) is 3.41. The standard InChI is InChI=1S/C11H15NO4/c1-4-15-10(13)6-12(3)11(14)9-5-8(2)16-7-9/h5,7H,4,6H2,1-3H3. The number of nitrogens with zero attached hydrogens (tertiary/aromatic N) is 1. The number of hydrogen-bond acceptors (Lipinski definition) is 4. The van der Waals surface area contributed by atoms with E-state index in [-0.39, 0.29) is 12.5 Å². The van der Waals surface area contributed by atoms with Gasteiger partial charge in [0.2, 0.25) is 0 Å². The monoisotopic (exact) mass is 225 g/mol. The number of likely N-dealkylation sites (N-methyl/N-ethyl adjacent to an activating group) is 1. The molecule has 0 N–H and O–H groups in total. The topological polar surface area (TPSA) is 59.8 Å². The van der Waals surface area contributed by atoms with Crippen molar-refractivity contribution in [2.45, 2.75) is 13.8 Å². The Hall–Kier alpha value is -1.78. The van der Waals surface area contributed by atoms with Gasteiger partial charge in [0.1, 0.15) is 18.6 Å². The van der Waals surface area contributed by atoms with Crippen molar-refractivity contribution in [2.75, 3.05) is 20.2 Å².